The monoisotopic (exact) mass is 541 g/mol. The van der Waals surface area contributed by atoms with Gasteiger partial charge < -0.3 is 29.0 Å². The quantitative estimate of drug-likeness (QED) is 0.623. The number of ether oxygens (including phenoxy) is 3. The van der Waals surface area contributed by atoms with E-state index in [-0.39, 0.29) is 29.5 Å². The van der Waals surface area contributed by atoms with Crippen LogP contribution in [-0.4, -0.2) is 65.9 Å². The van der Waals surface area contributed by atoms with Gasteiger partial charge in [-0.05, 0) is 77.7 Å². The molecule has 9 heteroatoms. The number of halogens is 1. The maximum Gasteiger partial charge on any atom is 0.274 e. The van der Waals surface area contributed by atoms with Crippen molar-refractivity contribution in [1.82, 2.24) is 14.8 Å². The van der Waals surface area contributed by atoms with E-state index in [0.29, 0.717) is 46.8 Å². The van der Waals surface area contributed by atoms with Crippen LogP contribution >= 0.6 is 11.6 Å². The molecule has 4 aliphatic rings. The lowest BCUT2D eigenvalue weighted by Crippen LogP contribution is -2.53. The fraction of sp³-hybridized carbons (Fsp3) is 0.586. The summed E-state index contributed by atoms with van der Waals surface area (Å²) in [5.74, 6) is -0.116. The third-order valence-electron chi connectivity index (χ3n) is 8.99. The minimum Gasteiger partial charge on any atom is -0.446 e. The second kappa shape index (κ2) is 8.73. The minimum atomic E-state index is -1.02. The molecule has 0 radical (unpaired) electrons. The number of aromatic nitrogens is 1. The van der Waals surface area contributed by atoms with Gasteiger partial charge in [-0.2, -0.15) is 0 Å². The number of aromatic amines is 1. The predicted octanol–water partition coefficient (Wildman–Crippen LogP) is 4.24. The number of nitrogens with one attached hydrogen (secondary N) is 1. The lowest BCUT2D eigenvalue weighted by Gasteiger charge is -2.38. The first-order valence-corrected chi connectivity index (χ1v) is 13.8. The summed E-state index contributed by atoms with van der Waals surface area (Å²) in [6.45, 7) is 8.98. The second-order valence-corrected chi connectivity index (χ2v) is 12.3. The summed E-state index contributed by atoms with van der Waals surface area (Å²) >= 11 is 7.06. The van der Waals surface area contributed by atoms with E-state index in [1.807, 2.05) is 33.8 Å². The normalized spacial score (nSPS) is 27.3. The van der Waals surface area contributed by atoms with Crippen LogP contribution in [0.15, 0.2) is 10.9 Å². The molecule has 0 unspecified atom stereocenters. The average Bonchev–Trinajstić information content (AvgIpc) is 3.53. The van der Waals surface area contributed by atoms with E-state index in [0.717, 1.165) is 48.1 Å². The molecule has 204 valence electrons. The molecule has 2 fully saturated rings. The van der Waals surface area contributed by atoms with Crippen molar-refractivity contribution in [2.45, 2.75) is 83.3 Å². The van der Waals surface area contributed by atoms with Crippen LogP contribution in [0.3, 0.4) is 0 Å². The molecule has 1 saturated carbocycles. The largest absolute Gasteiger partial charge is 0.446 e. The number of hydrogen-bond donors (Lipinski definition) is 1. The fourth-order valence-electron chi connectivity index (χ4n) is 6.52. The third kappa shape index (κ3) is 3.87. The first-order valence-electron chi connectivity index (χ1n) is 13.5. The van der Waals surface area contributed by atoms with E-state index in [2.05, 4.69) is 24.0 Å². The van der Waals surface area contributed by atoms with Gasteiger partial charge in [-0.15, -0.1) is 0 Å². The highest BCUT2D eigenvalue weighted by Crippen LogP contribution is 2.61. The zero-order chi connectivity index (χ0) is 27.1. The summed E-state index contributed by atoms with van der Waals surface area (Å²) in [4.78, 5) is 33.6. The molecule has 3 atom stereocenters. The molecule has 1 N–H and O–H groups in total. The number of fused-ring (bicyclic) bond motifs is 3. The van der Waals surface area contributed by atoms with Gasteiger partial charge in [0, 0.05) is 41.7 Å². The highest BCUT2D eigenvalue weighted by molar-refractivity contribution is 6.34. The predicted molar refractivity (Wildman–Crippen MR) is 144 cm³/mol. The van der Waals surface area contributed by atoms with Gasteiger partial charge in [-0.1, -0.05) is 11.6 Å². The van der Waals surface area contributed by atoms with Crippen LogP contribution in [-0.2, 0) is 16.7 Å². The minimum absolute atomic E-state index is 0.126. The van der Waals surface area contributed by atoms with E-state index in [9.17, 15) is 9.59 Å². The summed E-state index contributed by atoms with van der Waals surface area (Å²) in [6, 6.07) is 2.31. The van der Waals surface area contributed by atoms with Crippen molar-refractivity contribution in [3.8, 4) is 11.5 Å². The molecule has 38 heavy (non-hydrogen) atoms. The third-order valence-corrected chi connectivity index (χ3v) is 9.35. The summed E-state index contributed by atoms with van der Waals surface area (Å²) in [6.07, 6.45) is 3.39. The van der Waals surface area contributed by atoms with Gasteiger partial charge >= 0.3 is 0 Å². The van der Waals surface area contributed by atoms with Crippen LogP contribution in [0, 0.1) is 20.8 Å². The molecule has 1 spiro atoms. The molecule has 2 aromatic rings. The first kappa shape index (κ1) is 25.7. The number of rotatable bonds is 4. The van der Waals surface area contributed by atoms with Gasteiger partial charge in [-0.25, -0.2) is 0 Å². The number of aryl methyl sites for hydroxylation is 2. The van der Waals surface area contributed by atoms with E-state index in [4.69, 9.17) is 25.8 Å². The molecular formula is C29H36ClN3O5. The number of carbonyl (C=O) groups excluding carboxylic acids is 1. The molecular weight excluding hydrogens is 506 g/mol. The summed E-state index contributed by atoms with van der Waals surface area (Å²) in [5, 5.41) is 0.473. The molecule has 4 heterocycles. The molecule has 1 aromatic heterocycles. The molecule has 8 nitrogen and oxygen atoms in total. The Hall–Kier alpha value is -2.55. The van der Waals surface area contributed by atoms with Crippen molar-refractivity contribution in [3.05, 3.63) is 55.0 Å². The Labute approximate surface area is 228 Å². The Morgan fingerprint density at radius 3 is 2.45 bits per heavy atom. The van der Waals surface area contributed by atoms with Crippen LogP contribution in [0.25, 0.3) is 0 Å². The van der Waals surface area contributed by atoms with E-state index >= 15 is 0 Å². The van der Waals surface area contributed by atoms with Crippen LogP contribution in [0.5, 0.6) is 11.5 Å². The van der Waals surface area contributed by atoms with Crippen molar-refractivity contribution in [2.24, 2.45) is 0 Å². The van der Waals surface area contributed by atoms with Crippen molar-refractivity contribution in [1.29, 1.82) is 0 Å². The highest BCUT2D eigenvalue weighted by atomic mass is 35.5. The van der Waals surface area contributed by atoms with Gasteiger partial charge in [0.15, 0.2) is 11.5 Å². The summed E-state index contributed by atoms with van der Waals surface area (Å²) in [5.41, 5.74) is 4.13. The number of amides is 1. The van der Waals surface area contributed by atoms with Crippen LogP contribution < -0.4 is 15.0 Å². The number of carbonyl (C=O) groups is 1. The number of benzene rings is 1. The number of hydrogen-bond acceptors (Lipinski definition) is 6. The molecule has 0 bridgehead atoms. The molecule has 1 saturated heterocycles. The Kier molecular flexibility index (Phi) is 5.91. The maximum atomic E-state index is 14.0. The molecule has 6 rings (SSSR count). The SMILES string of the molecule is Cc1cc(C)c(CN2CC3(CC3)c3c(Cl)c4c(c(C)c3C2=O)O[C@](C)([C@@H]2CC[C@@H](N(C)C)CO2)O4)c(=O)[nH]1. The first-order chi connectivity index (χ1) is 17.9. The van der Waals surface area contributed by atoms with Gasteiger partial charge in [0.25, 0.3) is 17.3 Å². The Morgan fingerprint density at radius 1 is 1.13 bits per heavy atom. The molecule has 1 aliphatic carbocycles. The van der Waals surface area contributed by atoms with Crippen molar-refractivity contribution < 1.29 is 19.0 Å². The van der Waals surface area contributed by atoms with Crippen LogP contribution in [0.1, 0.15) is 70.9 Å². The highest BCUT2D eigenvalue weighted by Gasteiger charge is 2.57. The Balaban J connectivity index is 1.35. The number of nitrogens with zero attached hydrogens (tertiary/aromatic N) is 2. The Bertz CT molecular complexity index is 1390. The van der Waals surface area contributed by atoms with Crippen molar-refractivity contribution >= 4 is 17.5 Å². The summed E-state index contributed by atoms with van der Waals surface area (Å²) in [7, 11) is 4.12. The average molecular weight is 542 g/mol. The van der Waals surface area contributed by atoms with Gasteiger partial charge in [0.05, 0.1) is 23.7 Å². The maximum absolute atomic E-state index is 14.0. The van der Waals surface area contributed by atoms with Crippen molar-refractivity contribution in [2.75, 3.05) is 27.2 Å². The number of likely N-dealkylation sites (N-methyl/N-ethyl adjacent to an activating group) is 1. The van der Waals surface area contributed by atoms with E-state index in [1.54, 1.807) is 4.90 Å². The standard InChI is InChI=1S/C29H36ClN3O5/c1-15-11-16(2)31-26(34)19(15)12-33-14-29(9-10-29)22-21(27(33)35)17(3)24-25(23(22)30)38-28(4,37-24)20-8-7-18(13-36-20)32(5)6/h11,18,20H,7-10,12-14H2,1-6H3,(H,31,34)/t18-,20+,28+/m1/s1. The fourth-order valence-corrected chi connectivity index (χ4v) is 6.94. The topological polar surface area (TPSA) is 84.1 Å². The lowest BCUT2D eigenvalue weighted by atomic mass is 9.83. The molecule has 1 amide bonds. The van der Waals surface area contributed by atoms with Gasteiger partial charge in [0.1, 0.15) is 6.10 Å². The van der Waals surface area contributed by atoms with E-state index in [1.165, 1.54) is 0 Å². The molecule has 3 aliphatic heterocycles. The van der Waals surface area contributed by atoms with Crippen LogP contribution in [0.4, 0.5) is 0 Å². The smallest absolute Gasteiger partial charge is 0.274 e. The second-order valence-electron chi connectivity index (χ2n) is 12.0. The molecule has 1 aromatic carbocycles. The van der Waals surface area contributed by atoms with Gasteiger partial charge in [-0.3, -0.25) is 9.59 Å². The Morgan fingerprint density at radius 2 is 1.84 bits per heavy atom. The summed E-state index contributed by atoms with van der Waals surface area (Å²) < 4.78 is 19.2. The van der Waals surface area contributed by atoms with Crippen molar-refractivity contribution in [3.63, 3.8) is 0 Å². The number of H-pyrrole nitrogens is 1. The zero-order valence-electron chi connectivity index (χ0n) is 23.0. The zero-order valence-corrected chi connectivity index (χ0v) is 23.8. The van der Waals surface area contributed by atoms with E-state index < -0.39 is 5.79 Å². The van der Waals surface area contributed by atoms with Gasteiger partial charge in [0.2, 0.25) is 0 Å². The lowest BCUT2D eigenvalue weighted by molar-refractivity contribution is -0.190. The number of pyridine rings is 1. The van der Waals surface area contributed by atoms with Crippen LogP contribution in [0.2, 0.25) is 5.02 Å².